The minimum atomic E-state index is -0.841. The predicted octanol–water partition coefficient (Wildman–Crippen LogP) is 1.58. The van der Waals surface area contributed by atoms with Gasteiger partial charge in [0.25, 0.3) is 17.5 Å². The first-order valence-corrected chi connectivity index (χ1v) is 9.62. The molecule has 32 heavy (non-hydrogen) atoms. The molecule has 0 radical (unpaired) electrons. The second-order valence-corrected chi connectivity index (χ2v) is 7.17. The molecule has 2 N–H and O–H groups in total. The van der Waals surface area contributed by atoms with Gasteiger partial charge in [0, 0.05) is 29.8 Å². The maximum atomic E-state index is 12.3. The van der Waals surface area contributed by atoms with Crippen molar-refractivity contribution in [3.05, 3.63) is 69.8 Å². The average Bonchev–Trinajstić information content (AvgIpc) is 3.14. The van der Waals surface area contributed by atoms with Crippen molar-refractivity contribution in [3.63, 3.8) is 0 Å². The molecule has 1 aliphatic rings. The van der Waals surface area contributed by atoms with Crippen molar-refractivity contribution in [1.29, 1.82) is 0 Å². The SMILES string of the molecule is Cc1ccc(NC(=O)COC(=O)[C@@H]2CC(=O)N(NC(=O)c3ccc([N+](=O)[O-])cc3)C2)cc1. The molecule has 0 spiro atoms. The third kappa shape index (κ3) is 5.65. The molecule has 0 aromatic heterocycles. The smallest absolute Gasteiger partial charge is 0.311 e. The molecule has 0 aliphatic carbocycles. The standard InChI is InChI=1S/C21H20N4O7/c1-13-2-6-16(7-3-13)22-18(26)12-32-21(29)15-10-19(27)24(11-15)23-20(28)14-4-8-17(9-5-14)25(30)31/h2-9,15H,10-12H2,1H3,(H,22,26)(H,23,28)/t15-/m1/s1. The lowest BCUT2D eigenvalue weighted by molar-refractivity contribution is -0.384. The number of nitro benzene ring substituents is 1. The van der Waals surface area contributed by atoms with Gasteiger partial charge in [-0.1, -0.05) is 17.7 Å². The Morgan fingerprint density at radius 3 is 2.41 bits per heavy atom. The molecule has 1 atom stereocenters. The number of nitro groups is 1. The Morgan fingerprint density at radius 2 is 1.78 bits per heavy atom. The molecule has 1 fully saturated rings. The van der Waals surface area contributed by atoms with Crippen LogP contribution < -0.4 is 10.7 Å². The fourth-order valence-electron chi connectivity index (χ4n) is 2.98. The molecule has 11 heteroatoms. The number of aryl methyl sites for hydroxylation is 1. The number of nitrogens with one attached hydrogen (secondary N) is 2. The zero-order valence-electron chi connectivity index (χ0n) is 17.1. The van der Waals surface area contributed by atoms with Crippen molar-refractivity contribution in [2.24, 2.45) is 5.92 Å². The molecular formula is C21H20N4O7. The van der Waals surface area contributed by atoms with Gasteiger partial charge in [-0.05, 0) is 31.2 Å². The highest BCUT2D eigenvalue weighted by atomic mass is 16.6. The molecule has 2 aromatic rings. The zero-order chi connectivity index (χ0) is 23.3. The molecule has 11 nitrogen and oxygen atoms in total. The van der Waals surface area contributed by atoms with Crippen molar-refractivity contribution < 1.29 is 28.8 Å². The molecule has 166 valence electrons. The summed E-state index contributed by atoms with van der Waals surface area (Å²) in [6.45, 7) is 1.29. The monoisotopic (exact) mass is 440 g/mol. The topological polar surface area (TPSA) is 148 Å². The quantitative estimate of drug-likeness (QED) is 0.377. The van der Waals surface area contributed by atoms with E-state index in [2.05, 4.69) is 10.7 Å². The maximum Gasteiger partial charge on any atom is 0.311 e. The van der Waals surface area contributed by atoms with Gasteiger partial charge in [0.05, 0.1) is 17.4 Å². The van der Waals surface area contributed by atoms with E-state index in [0.717, 1.165) is 10.6 Å². The summed E-state index contributed by atoms with van der Waals surface area (Å²) in [5, 5.41) is 14.3. The molecular weight excluding hydrogens is 420 g/mol. The van der Waals surface area contributed by atoms with E-state index < -0.39 is 41.1 Å². The number of benzene rings is 2. The van der Waals surface area contributed by atoms with Crippen LogP contribution in [0.3, 0.4) is 0 Å². The first-order valence-electron chi connectivity index (χ1n) is 9.62. The zero-order valence-corrected chi connectivity index (χ0v) is 17.1. The highest BCUT2D eigenvalue weighted by molar-refractivity contribution is 5.97. The average molecular weight is 440 g/mol. The van der Waals surface area contributed by atoms with Crippen LogP contribution in [0.4, 0.5) is 11.4 Å². The number of nitrogens with zero attached hydrogens (tertiary/aromatic N) is 2. The Labute approximate surface area is 182 Å². The minimum Gasteiger partial charge on any atom is -0.455 e. The van der Waals surface area contributed by atoms with Crippen LogP contribution in [0, 0.1) is 23.0 Å². The van der Waals surface area contributed by atoms with Crippen LogP contribution >= 0.6 is 0 Å². The Bertz CT molecular complexity index is 1050. The summed E-state index contributed by atoms with van der Waals surface area (Å²) in [5.41, 5.74) is 3.90. The number of hydrogen-bond acceptors (Lipinski definition) is 7. The molecule has 3 rings (SSSR count). The third-order valence-corrected chi connectivity index (χ3v) is 4.72. The van der Waals surface area contributed by atoms with Crippen LogP contribution in [0.2, 0.25) is 0 Å². The van der Waals surface area contributed by atoms with Gasteiger partial charge in [-0.2, -0.15) is 0 Å². The molecule has 1 saturated heterocycles. The van der Waals surface area contributed by atoms with Crippen LogP contribution in [0.15, 0.2) is 48.5 Å². The van der Waals surface area contributed by atoms with E-state index in [9.17, 15) is 29.3 Å². The Balaban J connectivity index is 1.48. The predicted molar refractivity (Wildman–Crippen MR) is 111 cm³/mol. The van der Waals surface area contributed by atoms with Gasteiger partial charge in [-0.25, -0.2) is 0 Å². The van der Waals surface area contributed by atoms with Gasteiger partial charge in [0.1, 0.15) is 0 Å². The largest absolute Gasteiger partial charge is 0.455 e. The molecule has 0 unspecified atom stereocenters. The van der Waals surface area contributed by atoms with Crippen LogP contribution in [0.5, 0.6) is 0 Å². The van der Waals surface area contributed by atoms with Gasteiger partial charge in [-0.3, -0.25) is 39.7 Å². The normalized spacial score (nSPS) is 15.2. The fourth-order valence-corrected chi connectivity index (χ4v) is 2.98. The summed E-state index contributed by atoms with van der Waals surface area (Å²) in [5.74, 6) is -3.24. The van der Waals surface area contributed by atoms with Crippen molar-refractivity contribution in [2.45, 2.75) is 13.3 Å². The lowest BCUT2D eigenvalue weighted by Crippen LogP contribution is -2.43. The molecule has 2 aromatic carbocycles. The van der Waals surface area contributed by atoms with E-state index in [1.807, 2.05) is 19.1 Å². The van der Waals surface area contributed by atoms with Crippen molar-refractivity contribution in [3.8, 4) is 0 Å². The number of ether oxygens (including phenoxy) is 1. The lowest BCUT2D eigenvalue weighted by Gasteiger charge is -2.17. The maximum absolute atomic E-state index is 12.3. The first kappa shape index (κ1) is 22.4. The van der Waals surface area contributed by atoms with Gasteiger partial charge in [0.15, 0.2) is 6.61 Å². The Morgan fingerprint density at radius 1 is 1.12 bits per heavy atom. The Kier molecular flexibility index (Phi) is 6.78. The molecule has 0 bridgehead atoms. The second kappa shape index (κ2) is 9.69. The van der Waals surface area contributed by atoms with E-state index >= 15 is 0 Å². The highest BCUT2D eigenvalue weighted by Crippen LogP contribution is 2.18. The van der Waals surface area contributed by atoms with E-state index in [0.29, 0.717) is 5.69 Å². The van der Waals surface area contributed by atoms with Crippen molar-refractivity contribution >= 4 is 35.1 Å². The van der Waals surface area contributed by atoms with E-state index in [1.54, 1.807) is 12.1 Å². The summed E-state index contributed by atoms with van der Waals surface area (Å²) in [7, 11) is 0. The van der Waals surface area contributed by atoms with E-state index in [4.69, 9.17) is 4.74 Å². The number of carbonyl (C=O) groups is 4. The number of non-ortho nitro benzene ring substituents is 1. The van der Waals surface area contributed by atoms with Crippen molar-refractivity contribution in [1.82, 2.24) is 10.4 Å². The number of hydrogen-bond donors (Lipinski definition) is 2. The number of amides is 3. The van der Waals surface area contributed by atoms with E-state index in [1.165, 1.54) is 24.3 Å². The van der Waals surface area contributed by atoms with Gasteiger partial charge in [0.2, 0.25) is 5.91 Å². The third-order valence-electron chi connectivity index (χ3n) is 4.72. The van der Waals surface area contributed by atoms with Crippen LogP contribution in [-0.2, 0) is 19.1 Å². The summed E-state index contributed by atoms with van der Waals surface area (Å²) < 4.78 is 5.00. The number of esters is 1. The summed E-state index contributed by atoms with van der Waals surface area (Å²) in [6, 6.07) is 11.9. The molecule has 0 saturated carbocycles. The minimum absolute atomic E-state index is 0.113. The highest BCUT2D eigenvalue weighted by Gasteiger charge is 2.36. The van der Waals surface area contributed by atoms with Gasteiger partial charge < -0.3 is 10.1 Å². The Hall–Kier alpha value is -4.28. The first-order chi connectivity index (χ1) is 15.2. The van der Waals surface area contributed by atoms with Gasteiger partial charge in [-0.15, -0.1) is 0 Å². The van der Waals surface area contributed by atoms with Gasteiger partial charge >= 0.3 is 5.97 Å². The summed E-state index contributed by atoms with van der Waals surface area (Å²) in [4.78, 5) is 58.7. The van der Waals surface area contributed by atoms with Crippen LogP contribution in [0.1, 0.15) is 22.3 Å². The molecule has 1 aliphatic heterocycles. The number of rotatable bonds is 7. The summed E-state index contributed by atoms with van der Waals surface area (Å²) in [6.07, 6.45) is -0.182. The fraction of sp³-hybridized carbons (Fsp3) is 0.238. The lowest BCUT2D eigenvalue weighted by atomic mass is 10.1. The molecule has 3 amide bonds. The van der Waals surface area contributed by atoms with Crippen molar-refractivity contribution in [2.75, 3.05) is 18.5 Å². The molecule has 1 heterocycles. The number of anilines is 1. The number of carbonyl (C=O) groups excluding carboxylic acids is 4. The van der Waals surface area contributed by atoms with Crippen LogP contribution in [0.25, 0.3) is 0 Å². The number of hydrazine groups is 1. The van der Waals surface area contributed by atoms with E-state index in [-0.39, 0.29) is 24.2 Å². The van der Waals surface area contributed by atoms with Crippen LogP contribution in [-0.4, -0.2) is 46.8 Å². The summed E-state index contributed by atoms with van der Waals surface area (Å²) >= 11 is 0. The second-order valence-electron chi connectivity index (χ2n) is 7.17.